The smallest absolute Gasteiger partial charge is 0.408 e. The first-order chi connectivity index (χ1) is 7.63. The van der Waals surface area contributed by atoms with Crippen LogP contribution in [0.3, 0.4) is 0 Å². The number of hydrogen-bond donors (Lipinski definition) is 0. The summed E-state index contributed by atoms with van der Waals surface area (Å²) < 4.78 is 6.60. The summed E-state index contributed by atoms with van der Waals surface area (Å²) in [5.41, 5.74) is 2.39. The van der Waals surface area contributed by atoms with E-state index in [0.29, 0.717) is 11.5 Å². The Morgan fingerprint density at radius 3 is 2.94 bits per heavy atom. The second-order valence-corrected chi connectivity index (χ2v) is 4.07. The van der Waals surface area contributed by atoms with E-state index in [9.17, 15) is 4.79 Å². The lowest BCUT2D eigenvalue weighted by Gasteiger charge is -2.17. The predicted molar refractivity (Wildman–Crippen MR) is 65.4 cm³/mol. The van der Waals surface area contributed by atoms with E-state index in [1.165, 1.54) is 4.57 Å². The van der Waals surface area contributed by atoms with Crippen LogP contribution in [0.5, 0.6) is 0 Å². The third kappa shape index (κ3) is 1.80. The molecule has 2 aromatic rings. The van der Waals surface area contributed by atoms with E-state index in [2.05, 4.69) is 0 Å². The minimum atomic E-state index is -0.341. The molecule has 1 aromatic carbocycles. The number of oxazole rings is 1. The van der Waals surface area contributed by atoms with Crippen LogP contribution in [0, 0.1) is 0 Å². The van der Waals surface area contributed by atoms with Gasteiger partial charge in [0, 0.05) is 38.3 Å². The van der Waals surface area contributed by atoms with Crippen molar-refractivity contribution in [1.82, 2.24) is 4.57 Å². The fraction of sp³-hybridized carbons (Fsp3) is 0.364. The van der Waals surface area contributed by atoms with E-state index in [-0.39, 0.29) is 5.76 Å². The van der Waals surface area contributed by atoms with Gasteiger partial charge in [-0.1, -0.05) is 0 Å². The molecule has 0 radical (unpaired) electrons. The lowest BCUT2D eigenvalue weighted by molar-refractivity contribution is 0.528. The monoisotopic (exact) mass is 240 g/mol. The molecule has 0 saturated heterocycles. The lowest BCUT2D eigenvalue weighted by atomic mass is 10.2. The molecule has 0 aliphatic carbocycles. The molecule has 0 fully saturated rings. The van der Waals surface area contributed by atoms with Crippen molar-refractivity contribution >= 4 is 28.4 Å². The summed E-state index contributed by atoms with van der Waals surface area (Å²) in [6.07, 6.45) is 0. The van der Waals surface area contributed by atoms with Crippen LogP contribution in [0.2, 0.25) is 0 Å². The summed E-state index contributed by atoms with van der Waals surface area (Å²) in [5.74, 6) is 0.222. The number of aromatic nitrogens is 1. The van der Waals surface area contributed by atoms with Crippen molar-refractivity contribution < 1.29 is 4.42 Å². The fourth-order valence-corrected chi connectivity index (χ4v) is 1.87. The number of aryl methyl sites for hydroxylation is 1. The van der Waals surface area contributed by atoms with Gasteiger partial charge in [-0.2, -0.15) is 0 Å². The molecule has 2 rings (SSSR count). The Balaban J connectivity index is 2.48. The number of halogens is 1. The van der Waals surface area contributed by atoms with Crippen LogP contribution in [0.25, 0.3) is 11.1 Å². The summed E-state index contributed by atoms with van der Waals surface area (Å²) in [6.45, 7) is 0.754. The molecule has 0 unspecified atom stereocenters. The van der Waals surface area contributed by atoms with Gasteiger partial charge in [-0.05, 0) is 12.1 Å². The summed E-state index contributed by atoms with van der Waals surface area (Å²) in [6, 6.07) is 5.67. The number of hydrogen-bond acceptors (Lipinski definition) is 3. The molecule has 0 atom stereocenters. The van der Waals surface area contributed by atoms with Gasteiger partial charge < -0.3 is 9.32 Å². The summed E-state index contributed by atoms with van der Waals surface area (Å²) in [4.78, 5) is 13.3. The highest BCUT2D eigenvalue weighted by atomic mass is 35.5. The minimum absolute atomic E-state index is 0.341. The van der Waals surface area contributed by atoms with Crippen molar-refractivity contribution in [1.29, 1.82) is 0 Å². The van der Waals surface area contributed by atoms with Crippen LogP contribution in [-0.2, 0) is 7.05 Å². The van der Waals surface area contributed by atoms with Gasteiger partial charge in [0.1, 0.15) is 0 Å². The average molecular weight is 241 g/mol. The zero-order valence-corrected chi connectivity index (χ0v) is 9.99. The Hall–Kier alpha value is -1.42. The predicted octanol–water partition coefficient (Wildman–Crippen LogP) is 1.81. The van der Waals surface area contributed by atoms with Crippen LogP contribution < -0.4 is 10.7 Å². The Labute approximate surface area is 98.0 Å². The summed E-state index contributed by atoms with van der Waals surface area (Å²) >= 11 is 5.67. The molecule has 0 bridgehead atoms. The van der Waals surface area contributed by atoms with Gasteiger partial charge in [0.25, 0.3) is 0 Å². The molecule has 5 heteroatoms. The number of anilines is 1. The minimum Gasteiger partial charge on any atom is -0.408 e. The summed E-state index contributed by atoms with van der Waals surface area (Å²) in [5, 5.41) is 0. The second-order valence-electron chi connectivity index (χ2n) is 3.69. The Morgan fingerprint density at radius 1 is 1.50 bits per heavy atom. The molecule has 0 aliphatic rings. The van der Waals surface area contributed by atoms with E-state index in [4.69, 9.17) is 16.0 Å². The van der Waals surface area contributed by atoms with Crippen molar-refractivity contribution in [3.63, 3.8) is 0 Å². The second kappa shape index (κ2) is 4.22. The highest BCUT2D eigenvalue weighted by molar-refractivity contribution is 6.18. The first-order valence-corrected chi connectivity index (χ1v) is 5.53. The number of alkyl halides is 1. The van der Waals surface area contributed by atoms with E-state index in [1.807, 2.05) is 30.1 Å². The van der Waals surface area contributed by atoms with E-state index in [1.54, 1.807) is 7.05 Å². The zero-order chi connectivity index (χ0) is 11.7. The van der Waals surface area contributed by atoms with Gasteiger partial charge in [-0.15, -0.1) is 11.6 Å². The Morgan fingerprint density at radius 2 is 2.25 bits per heavy atom. The summed E-state index contributed by atoms with van der Waals surface area (Å²) in [7, 11) is 3.64. The number of rotatable bonds is 3. The van der Waals surface area contributed by atoms with Crippen LogP contribution in [0.15, 0.2) is 27.4 Å². The van der Waals surface area contributed by atoms with Crippen molar-refractivity contribution in [3.05, 3.63) is 28.7 Å². The molecular formula is C11H13ClN2O2. The molecule has 4 nitrogen and oxygen atoms in total. The van der Waals surface area contributed by atoms with Crippen molar-refractivity contribution in [2.24, 2.45) is 7.05 Å². The van der Waals surface area contributed by atoms with Gasteiger partial charge in [-0.3, -0.25) is 4.57 Å². The Kier molecular flexibility index (Phi) is 2.92. The van der Waals surface area contributed by atoms with Crippen molar-refractivity contribution in [2.75, 3.05) is 24.4 Å². The van der Waals surface area contributed by atoms with E-state index < -0.39 is 0 Å². The van der Waals surface area contributed by atoms with E-state index in [0.717, 1.165) is 17.7 Å². The molecule has 16 heavy (non-hydrogen) atoms. The molecule has 0 spiro atoms. The van der Waals surface area contributed by atoms with Crippen molar-refractivity contribution in [3.8, 4) is 0 Å². The van der Waals surface area contributed by atoms with Gasteiger partial charge in [0.2, 0.25) is 0 Å². The fourth-order valence-electron chi connectivity index (χ4n) is 1.62. The maximum absolute atomic E-state index is 11.3. The molecule has 1 aromatic heterocycles. The molecule has 86 valence electrons. The highest BCUT2D eigenvalue weighted by Crippen LogP contribution is 2.20. The molecule has 0 saturated carbocycles. The van der Waals surface area contributed by atoms with Gasteiger partial charge >= 0.3 is 5.76 Å². The third-order valence-electron chi connectivity index (χ3n) is 2.64. The van der Waals surface area contributed by atoms with Crippen LogP contribution in [0.1, 0.15) is 0 Å². The molecule has 0 N–H and O–H groups in total. The zero-order valence-electron chi connectivity index (χ0n) is 9.24. The van der Waals surface area contributed by atoms with Gasteiger partial charge in [0.05, 0.1) is 5.52 Å². The van der Waals surface area contributed by atoms with Crippen LogP contribution >= 0.6 is 11.6 Å². The van der Waals surface area contributed by atoms with E-state index >= 15 is 0 Å². The largest absolute Gasteiger partial charge is 0.419 e. The third-order valence-corrected chi connectivity index (χ3v) is 2.81. The molecule has 0 amide bonds. The average Bonchev–Trinajstić information content (AvgIpc) is 2.55. The highest BCUT2D eigenvalue weighted by Gasteiger charge is 2.08. The standard InChI is InChI=1S/C11H13ClN2O2/c1-13(6-5-12)8-3-4-9-10(7-8)16-11(15)14(9)2/h3-4,7H,5-6H2,1-2H3. The maximum Gasteiger partial charge on any atom is 0.419 e. The molecule has 0 aliphatic heterocycles. The molecular weight excluding hydrogens is 228 g/mol. The van der Waals surface area contributed by atoms with Gasteiger partial charge in [0.15, 0.2) is 5.58 Å². The normalized spacial score (nSPS) is 10.9. The van der Waals surface area contributed by atoms with Crippen molar-refractivity contribution in [2.45, 2.75) is 0 Å². The first kappa shape index (κ1) is 11.1. The van der Waals surface area contributed by atoms with Crippen LogP contribution in [-0.4, -0.2) is 24.0 Å². The quantitative estimate of drug-likeness (QED) is 0.768. The number of benzene rings is 1. The topological polar surface area (TPSA) is 38.4 Å². The SMILES string of the molecule is CN(CCCl)c1ccc2c(c1)oc(=O)n2C. The number of fused-ring (bicyclic) bond motifs is 1. The van der Waals surface area contributed by atoms with Crippen LogP contribution in [0.4, 0.5) is 5.69 Å². The maximum atomic E-state index is 11.3. The number of nitrogens with zero attached hydrogens (tertiary/aromatic N) is 2. The Bertz CT molecular complexity index is 559. The molecule has 1 heterocycles. The first-order valence-electron chi connectivity index (χ1n) is 5.00. The van der Waals surface area contributed by atoms with Gasteiger partial charge in [-0.25, -0.2) is 4.79 Å². The lowest BCUT2D eigenvalue weighted by Crippen LogP contribution is -2.19.